The molecular weight excluding hydrogens is 529 g/mol. The van der Waals surface area contributed by atoms with Crippen LogP contribution in [0.25, 0.3) is 5.65 Å². The minimum absolute atomic E-state index is 0.0697. The number of amides is 1. The van der Waals surface area contributed by atoms with Crippen molar-refractivity contribution in [2.75, 3.05) is 5.32 Å². The van der Waals surface area contributed by atoms with Gasteiger partial charge in [0.1, 0.15) is 11.5 Å². The molecule has 1 N–H and O–H groups in total. The van der Waals surface area contributed by atoms with Crippen LogP contribution in [-0.2, 0) is 17.4 Å². The molecule has 1 amide bonds. The third-order valence-corrected chi connectivity index (χ3v) is 6.75. The molecule has 0 aliphatic rings. The number of nitrogens with one attached hydrogen (secondary N) is 1. The average Bonchev–Trinajstić information content (AvgIpc) is 3.35. The van der Waals surface area contributed by atoms with Crippen molar-refractivity contribution in [2.24, 2.45) is 0 Å². The molecule has 41 heavy (non-hydrogen) atoms. The average molecular weight is 561 g/mol. The van der Waals surface area contributed by atoms with E-state index in [0.29, 0.717) is 29.7 Å². The van der Waals surface area contributed by atoms with Crippen LogP contribution in [0.4, 0.5) is 18.9 Å². The summed E-state index contributed by atoms with van der Waals surface area (Å²) in [5.74, 6) is 5.69. The second kappa shape index (κ2) is 13.3. The maximum absolute atomic E-state index is 13.9. The van der Waals surface area contributed by atoms with Gasteiger partial charge in [-0.15, -0.1) is 0 Å². The Morgan fingerprint density at radius 3 is 2.54 bits per heavy atom. The van der Waals surface area contributed by atoms with Gasteiger partial charge in [0.15, 0.2) is 5.65 Å². The van der Waals surface area contributed by atoms with Gasteiger partial charge in [-0.2, -0.15) is 18.3 Å². The van der Waals surface area contributed by atoms with E-state index in [2.05, 4.69) is 27.2 Å². The highest BCUT2D eigenvalue weighted by Gasteiger charge is 2.33. The van der Waals surface area contributed by atoms with E-state index in [1.807, 2.05) is 13.0 Å². The third kappa shape index (κ3) is 8.04. The van der Waals surface area contributed by atoms with Gasteiger partial charge in [0.25, 0.3) is 5.91 Å². The number of aromatic nitrogens is 3. The van der Waals surface area contributed by atoms with Gasteiger partial charge in [-0.25, -0.2) is 9.50 Å². The summed E-state index contributed by atoms with van der Waals surface area (Å²) in [4.78, 5) is 28.3. The number of imidazole rings is 1. The smallest absolute Gasteiger partial charge is 0.322 e. The van der Waals surface area contributed by atoms with Crippen LogP contribution in [0.1, 0.15) is 83.8 Å². The van der Waals surface area contributed by atoms with E-state index in [0.717, 1.165) is 37.3 Å². The number of nitrogens with zero attached hydrogens (tertiary/aromatic N) is 3. The van der Waals surface area contributed by atoms with Gasteiger partial charge < -0.3 is 10.1 Å². The number of anilines is 1. The monoisotopic (exact) mass is 560 g/mol. The number of ketones is 1. The maximum atomic E-state index is 13.9. The number of Topliss-reactive ketones (excluding diaryl/α,β-unsaturated/α-hetero) is 1. The number of hydrogen-bond acceptors (Lipinski definition) is 4. The molecule has 212 valence electrons. The lowest BCUT2D eigenvalue weighted by atomic mass is 9.99. The molecule has 4 rings (SSSR count). The molecule has 0 spiro atoms. The number of fused-ring (bicyclic) bond motifs is 1. The molecule has 0 saturated heterocycles. The number of unbranched alkanes of at least 4 members (excludes halogenated alkanes) is 4. The second-order valence-electron chi connectivity index (χ2n) is 10.0. The first-order valence-corrected chi connectivity index (χ1v) is 13.5. The normalized spacial score (nSPS) is 11.2. The SMILES string of the molecule is CC(=O)CCCCCCCc1ccc(NC(=O)c2ccc(C)c(C#Cc3cnc4cccnn34)c2)cc1C(F)(F)F. The third-order valence-electron chi connectivity index (χ3n) is 6.75. The number of carbonyl (C=O) groups excluding carboxylic acids is 2. The molecule has 0 saturated carbocycles. The molecule has 9 heteroatoms. The van der Waals surface area contributed by atoms with Gasteiger partial charge in [-0.05, 0) is 86.6 Å². The number of rotatable bonds is 10. The zero-order valence-electron chi connectivity index (χ0n) is 23.0. The summed E-state index contributed by atoms with van der Waals surface area (Å²) in [6.45, 7) is 3.42. The van der Waals surface area contributed by atoms with Crippen molar-refractivity contribution in [3.8, 4) is 11.8 Å². The van der Waals surface area contributed by atoms with E-state index in [4.69, 9.17) is 0 Å². The summed E-state index contributed by atoms with van der Waals surface area (Å²) in [6.07, 6.45) is 3.52. The van der Waals surface area contributed by atoms with E-state index < -0.39 is 17.6 Å². The number of halogens is 3. The van der Waals surface area contributed by atoms with Crippen molar-refractivity contribution >= 4 is 23.0 Å². The van der Waals surface area contributed by atoms with E-state index >= 15 is 0 Å². The fraction of sp³-hybridized carbons (Fsp3) is 0.312. The summed E-state index contributed by atoms with van der Waals surface area (Å²) < 4.78 is 43.2. The Morgan fingerprint density at radius 2 is 1.76 bits per heavy atom. The summed E-state index contributed by atoms with van der Waals surface area (Å²) in [5.41, 5.74) is 2.50. The number of benzene rings is 2. The lowest BCUT2D eigenvalue weighted by molar-refractivity contribution is -0.138. The number of alkyl halides is 3. The second-order valence-corrected chi connectivity index (χ2v) is 10.0. The quantitative estimate of drug-likeness (QED) is 0.165. The summed E-state index contributed by atoms with van der Waals surface area (Å²) in [6, 6.07) is 12.5. The highest BCUT2D eigenvalue weighted by atomic mass is 19.4. The lowest BCUT2D eigenvalue weighted by Crippen LogP contribution is -2.15. The number of aryl methyl sites for hydroxylation is 2. The van der Waals surface area contributed by atoms with Crippen LogP contribution in [0, 0.1) is 18.8 Å². The van der Waals surface area contributed by atoms with E-state index in [1.165, 1.54) is 12.1 Å². The van der Waals surface area contributed by atoms with Gasteiger partial charge in [0.2, 0.25) is 0 Å². The molecule has 0 atom stereocenters. The van der Waals surface area contributed by atoms with Crippen molar-refractivity contribution in [3.05, 3.63) is 94.4 Å². The molecule has 6 nitrogen and oxygen atoms in total. The molecule has 4 aromatic rings. The predicted octanol–water partition coefficient (Wildman–Crippen LogP) is 7.18. The van der Waals surface area contributed by atoms with Gasteiger partial charge in [0, 0.05) is 29.4 Å². The van der Waals surface area contributed by atoms with Crippen LogP contribution >= 0.6 is 0 Å². The Hall–Kier alpha value is -4.45. The van der Waals surface area contributed by atoms with Crippen LogP contribution in [-0.4, -0.2) is 26.3 Å². The summed E-state index contributed by atoms with van der Waals surface area (Å²) in [5, 5.41) is 6.83. The Balaban J connectivity index is 1.44. The van der Waals surface area contributed by atoms with E-state index in [-0.39, 0.29) is 29.0 Å². The van der Waals surface area contributed by atoms with Crippen LogP contribution in [0.2, 0.25) is 0 Å². The molecule has 2 aromatic heterocycles. The van der Waals surface area contributed by atoms with Crippen molar-refractivity contribution < 1.29 is 22.8 Å². The largest absolute Gasteiger partial charge is 0.416 e. The Kier molecular flexibility index (Phi) is 9.56. The van der Waals surface area contributed by atoms with Crippen molar-refractivity contribution in [2.45, 2.75) is 65.0 Å². The summed E-state index contributed by atoms with van der Waals surface area (Å²) in [7, 11) is 0. The molecule has 0 radical (unpaired) electrons. The van der Waals surface area contributed by atoms with Crippen molar-refractivity contribution in [1.29, 1.82) is 0 Å². The lowest BCUT2D eigenvalue weighted by Gasteiger charge is -2.15. The molecule has 0 bridgehead atoms. The molecule has 2 aromatic carbocycles. The predicted molar refractivity (Wildman–Crippen MR) is 152 cm³/mol. The van der Waals surface area contributed by atoms with Gasteiger partial charge >= 0.3 is 6.18 Å². The fourth-order valence-electron chi connectivity index (χ4n) is 4.50. The first-order valence-electron chi connectivity index (χ1n) is 13.5. The first kappa shape index (κ1) is 29.5. The Morgan fingerprint density at radius 1 is 0.976 bits per heavy atom. The van der Waals surface area contributed by atoms with E-state index in [1.54, 1.807) is 48.1 Å². The van der Waals surface area contributed by atoms with Crippen LogP contribution in [0.3, 0.4) is 0 Å². The molecule has 0 unspecified atom stereocenters. The highest BCUT2D eigenvalue weighted by Crippen LogP contribution is 2.35. The van der Waals surface area contributed by atoms with Gasteiger partial charge in [0.05, 0.1) is 11.8 Å². The van der Waals surface area contributed by atoms with Crippen LogP contribution in [0.15, 0.2) is 60.9 Å². The Labute approximate surface area is 237 Å². The van der Waals surface area contributed by atoms with Gasteiger partial charge in [-0.1, -0.05) is 37.3 Å². The zero-order chi connectivity index (χ0) is 29.4. The highest BCUT2D eigenvalue weighted by molar-refractivity contribution is 6.04. The topological polar surface area (TPSA) is 76.4 Å². The van der Waals surface area contributed by atoms with Crippen LogP contribution in [0.5, 0.6) is 0 Å². The molecule has 0 fully saturated rings. The maximum Gasteiger partial charge on any atom is 0.416 e. The standard InChI is InChI=1S/C32H31F3N4O2/c1-22-12-13-26(19-25(22)15-17-28-21-36-30-11-8-18-37-39(28)30)31(41)38-27-16-14-24(29(20-27)32(33,34)35)10-7-5-3-4-6-9-23(2)40/h8,11-14,16,18-21H,3-7,9-10H2,1-2H3,(H,38,41). The van der Waals surface area contributed by atoms with Crippen LogP contribution < -0.4 is 5.32 Å². The minimum atomic E-state index is -4.54. The van der Waals surface area contributed by atoms with E-state index in [9.17, 15) is 22.8 Å². The molecular formula is C32H31F3N4O2. The first-order chi connectivity index (χ1) is 19.6. The Bertz CT molecular complexity index is 1610. The number of hydrogen-bond donors (Lipinski definition) is 1. The van der Waals surface area contributed by atoms with Crippen molar-refractivity contribution in [1.82, 2.24) is 14.6 Å². The fourth-order valence-corrected chi connectivity index (χ4v) is 4.50. The zero-order valence-corrected chi connectivity index (χ0v) is 23.0. The van der Waals surface area contributed by atoms with Gasteiger partial charge in [-0.3, -0.25) is 4.79 Å². The minimum Gasteiger partial charge on any atom is -0.322 e. The summed E-state index contributed by atoms with van der Waals surface area (Å²) >= 11 is 0. The molecule has 0 aliphatic heterocycles. The molecule has 0 aliphatic carbocycles. The van der Waals surface area contributed by atoms with Crippen molar-refractivity contribution in [3.63, 3.8) is 0 Å². The molecule has 2 heterocycles. The number of carbonyl (C=O) groups is 2.